The molecule has 0 aliphatic carbocycles. The second-order valence-corrected chi connectivity index (χ2v) is 6.32. The Balaban J connectivity index is 1.50. The molecule has 0 radical (unpaired) electrons. The van der Waals surface area contributed by atoms with E-state index >= 15 is 0 Å². The average molecular weight is 328 g/mol. The van der Waals surface area contributed by atoms with Gasteiger partial charge >= 0.3 is 12.0 Å². The van der Waals surface area contributed by atoms with Gasteiger partial charge < -0.3 is 9.73 Å². The van der Waals surface area contributed by atoms with E-state index in [1.54, 1.807) is 0 Å². The summed E-state index contributed by atoms with van der Waals surface area (Å²) in [6, 6.07) is 10.5. The minimum atomic E-state index is -0.261. The second-order valence-electron chi connectivity index (χ2n) is 6.32. The molecule has 1 aromatic carbocycles. The minimum absolute atomic E-state index is 0.139. The lowest BCUT2D eigenvalue weighted by Crippen LogP contribution is -2.48. The number of oxazole rings is 1. The molecule has 24 heavy (non-hydrogen) atoms. The first-order chi connectivity index (χ1) is 11.6. The third kappa shape index (κ3) is 4.35. The van der Waals surface area contributed by atoms with Crippen LogP contribution in [0.1, 0.15) is 29.9 Å². The van der Waals surface area contributed by atoms with Crippen LogP contribution >= 0.6 is 0 Å². The van der Waals surface area contributed by atoms with Crippen molar-refractivity contribution >= 4 is 12.0 Å². The number of benzene rings is 1. The van der Waals surface area contributed by atoms with Crippen LogP contribution in [0.4, 0.5) is 10.8 Å². The summed E-state index contributed by atoms with van der Waals surface area (Å²) < 4.78 is 5.38. The van der Waals surface area contributed by atoms with Gasteiger partial charge in [-0.3, -0.25) is 10.2 Å². The summed E-state index contributed by atoms with van der Waals surface area (Å²) in [7, 11) is 0. The molecule has 2 aromatic rings. The number of amides is 2. The average Bonchev–Trinajstić information content (AvgIpc) is 2.86. The van der Waals surface area contributed by atoms with Crippen LogP contribution in [0.5, 0.6) is 0 Å². The van der Waals surface area contributed by atoms with Crippen LogP contribution < -0.4 is 10.6 Å². The number of hydrogen-bond acceptors (Lipinski definition) is 4. The Morgan fingerprint density at radius 1 is 1.33 bits per heavy atom. The first kappa shape index (κ1) is 16.5. The number of likely N-dealkylation sites (tertiary alicyclic amines) is 1. The summed E-state index contributed by atoms with van der Waals surface area (Å²) in [5, 5.41) is 5.69. The first-order valence-corrected chi connectivity index (χ1v) is 8.38. The van der Waals surface area contributed by atoms with Crippen LogP contribution in [-0.2, 0) is 6.54 Å². The lowest BCUT2D eigenvalue weighted by Gasteiger charge is -2.33. The van der Waals surface area contributed by atoms with Crippen LogP contribution in [0.15, 0.2) is 34.7 Å². The van der Waals surface area contributed by atoms with E-state index in [2.05, 4.69) is 44.8 Å². The van der Waals surface area contributed by atoms with Crippen molar-refractivity contribution in [2.45, 2.75) is 39.3 Å². The normalized spacial score (nSPS) is 18.3. The van der Waals surface area contributed by atoms with Crippen LogP contribution in [-0.4, -0.2) is 35.0 Å². The summed E-state index contributed by atoms with van der Waals surface area (Å²) in [5.41, 5.74) is 2.09. The molecule has 2 heterocycles. The standard InChI is InChI=1S/C18H24N4O2/c1-13-14(2)24-18(19-13)21-17(23)20-16-9-6-10-22(12-16)11-15-7-4-3-5-8-15/h3-5,7-8,16H,6,9-12H2,1-2H3,(H2,19,20,21,23)/t16-/m1/s1. The Morgan fingerprint density at radius 2 is 2.12 bits per heavy atom. The van der Waals surface area contributed by atoms with E-state index in [4.69, 9.17) is 4.42 Å². The molecule has 0 saturated carbocycles. The Hall–Kier alpha value is -2.34. The van der Waals surface area contributed by atoms with Crippen LogP contribution in [0.2, 0.25) is 0 Å². The first-order valence-electron chi connectivity index (χ1n) is 8.38. The van der Waals surface area contributed by atoms with Crippen molar-refractivity contribution in [3.8, 4) is 0 Å². The Kier molecular flexibility index (Phi) is 5.15. The monoisotopic (exact) mass is 328 g/mol. The zero-order valence-corrected chi connectivity index (χ0v) is 14.2. The van der Waals surface area contributed by atoms with Crippen LogP contribution in [0.3, 0.4) is 0 Å². The quantitative estimate of drug-likeness (QED) is 0.905. The number of urea groups is 1. The molecular formula is C18H24N4O2. The van der Waals surface area contributed by atoms with Gasteiger partial charge in [-0.25, -0.2) is 4.79 Å². The number of piperidine rings is 1. The van der Waals surface area contributed by atoms with E-state index in [-0.39, 0.29) is 18.1 Å². The highest BCUT2D eigenvalue weighted by molar-refractivity contribution is 5.87. The summed E-state index contributed by atoms with van der Waals surface area (Å²) in [4.78, 5) is 18.7. The molecule has 1 saturated heterocycles. The minimum Gasteiger partial charge on any atom is -0.428 e. The molecule has 6 heteroatoms. The maximum Gasteiger partial charge on any atom is 0.323 e. The van der Waals surface area contributed by atoms with Crippen molar-refractivity contribution in [2.75, 3.05) is 18.4 Å². The number of nitrogens with one attached hydrogen (secondary N) is 2. The fraction of sp³-hybridized carbons (Fsp3) is 0.444. The third-order valence-electron chi connectivity index (χ3n) is 4.34. The van der Waals surface area contributed by atoms with Gasteiger partial charge in [0.1, 0.15) is 5.76 Å². The van der Waals surface area contributed by atoms with Gasteiger partial charge in [0.05, 0.1) is 5.69 Å². The molecule has 0 unspecified atom stereocenters. The van der Waals surface area contributed by atoms with Crippen molar-refractivity contribution in [3.63, 3.8) is 0 Å². The Morgan fingerprint density at radius 3 is 2.83 bits per heavy atom. The number of nitrogens with zero attached hydrogens (tertiary/aromatic N) is 2. The van der Waals surface area contributed by atoms with Gasteiger partial charge in [-0.15, -0.1) is 0 Å². The molecule has 2 N–H and O–H groups in total. The molecule has 3 rings (SSSR count). The molecule has 1 atom stereocenters. The topological polar surface area (TPSA) is 70.4 Å². The number of rotatable bonds is 4. The van der Waals surface area contributed by atoms with Crippen LogP contribution in [0, 0.1) is 13.8 Å². The SMILES string of the molecule is Cc1nc(NC(=O)N[C@@H]2CCCN(Cc3ccccc3)C2)oc1C. The zero-order valence-electron chi connectivity index (χ0n) is 14.2. The highest BCUT2D eigenvalue weighted by Gasteiger charge is 2.22. The summed E-state index contributed by atoms with van der Waals surface area (Å²) in [5.74, 6) is 0.719. The molecule has 1 fully saturated rings. The van der Waals surface area contributed by atoms with E-state index in [0.29, 0.717) is 0 Å². The highest BCUT2D eigenvalue weighted by Crippen LogP contribution is 2.15. The molecule has 6 nitrogen and oxygen atoms in total. The molecular weight excluding hydrogens is 304 g/mol. The molecule has 0 spiro atoms. The van der Waals surface area contributed by atoms with Crippen molar-refractivity contribution in [3.05, 3.63) is 47.3 Å². The van der Waals surface area contributed by atoms with E-state index in [1.807, 2.05) is 19.9 Å². The molecule has 2 amide bonds. The van der Waals surface area contributed by atoms with Gasteiger partial charge in [-0.1, -0.05) is 30.3 Å². The fourth-order valence-electron chi connectivity index (χ4n) is 3.00. The predicted octanol–water partition coefficient (Wildman–Crippen LogP) is 3.08. The van der Waals surface area contributed by atoms with Crippen molar-refractivity contribution in [2.24, 2.45) is 0 Å². The highest BCUT2D eigenvalue weighted by atomic mass is 16.4. The molecule has 1 aliphatic rings. The van der Waals surface area contributed by atoms with E-state index < -0.39 is 0 Å². The Labute approximate surface area is 142 Å². The zero-order chi connectivity index (χ0) is 16.9. The number of carbonyl (C=O) groups excluding carboxylic acids is 1. The molecule has 128 valence electrons. The van der Waals surface area contributed by atoms with E-state index in [1.165, 1.54) is 5.56 Å². The number of hydrogen-bond donors (Lipinski definition) is 2. The van der Waals surface area contributed by atoms with Gasteiger partial charge in [0, 0.05) is 19.1 Å². The van der Waals surface area contributed by atoms with Gasteiger partial charge in [0.15, 0.2) is 0 Å². The predicted molar refractivity (Wildman–Crippen MR) is 92.9 cm³/mol. The van der Waals surface area contributed by atoms with E-state index in [0.717, 1.165) is 43.9 Å². The smallest absolute Gasteiger partial charge is 0.323 e. The maximum atomic E-state index is 12.1. The second kappa shape index (κ2) is 7.49. The maximum absolute atomic E-state index is 12.1. The lowest BCUT2D eigenvalue weighted by molar-refractivity contribution is 0.183. The summed E-state index contributed by atoms with van der Waals surface area (Å²) >= 11 is 0. The van der Waals surface area contributed by atoms with Gasteiger partial charge in [-0.2, -0.15) is 4.98 Å². The number of anilines is 1. The van der Waals surface area contributed by atoms with Gasteiger partial charge in [0.2, 0.25) is 0 Å². The fourth-order valence-corrected chi connectivity index (χ4v) is 3.00. The third-order valence-corrected chi connectivity index (χ3v) is 4.34. The van der Waals surface area contributed by atoms with Gasteiger partial charge in [-0.05, 0) is 38.8 Å². The number of aryl methyl sites for hydroxylation is 2. The van der Waals surface area contributed by atoms with Crippen molar-refractivity contribution < 1.29 is 9.21 Å². The summed E-state index contributed by atoms with van der Waals surface area (Å²) in [6.45, 7) is 6.51. The molecule has 0 bridgehead atoms. The Bertz CT molecular complexity index is 664. The number of carbonyl (C=O) groups is 1. The molecule has 1 aliphatic heterocycles. The van der Waals surface area contributed by atoms with Crippen molar-refractivity contribution in [1.82, 2.24) is 15.2 Å². The lowest BCUT2D eigenvalue weighted by atomic mass is 10.0. The summed E-state index contributed by atoms with van der Waals surface area (Å²) in [6.07, 6.45) is 2.07. The van der Waals surface area contributed by atoms with Crippen LogP contribution in [0.25, 0.3) is 0 Å². The van der Waals surface area contributed by atoms with Crippen molar-refractivity contribution in [1.29, 1.82) is 0 Å². The van der Waals surface area contributed by atoms with E-state index in [9.17, 15) is 4.79 Å². The number of aromatic nitrogens is 1. The molecule has 1 aromatic heterocycles. The largest absolute Gasteiger partial charge is 0.428 e. The van der Waals surface area contributed by atoms with Gasteiger partial charge in [0.25, 0.3) is 0 Å².